The highest BCUT2D eigenvalue weighted by molar-refractivity contribution is 9.11. The molecule has 71 valence electrons. The van der Waals surface area contributed by atoms with Gasteiger partial charge in [-0.1, -0.05) is 15.9 Å². The fourth-order valence-electron chi connectivity index (χ4n) is 0.633. The predicted molar refractivity (Wildman–Crippen MR) is 47.4 cm³/mol. The fourth-order valence-corrected chi connectivity index (χ4v) is 1.26. The van der Waals surface area contributed by atoms with E-state index in [1.54, 1.807) is 0 Å². The van der Waals surface area contributed by atoms with E-state index < -0.39 is 6.36 Å². The maximum absolute atomic E-state index is 11.8. The molecule has 0 amide bonds. The van der Waals surface area contributed by atoms with Crippen molar-refractivity contribution in [3.05, 3.63) is 27.1 Å². The second kappa shape index (κ2) is 3.88. The first-order valence-electron chi connectivity index (χ1n) is 3.01. The summed E-state index contributed by atoms with van der Waals surface area (Å²) in [7, 11) is 0. The Hall–Kier alpha value is -0.230. The predicted octanol–water partition coefficient (Wildman–Crippen LogP) is 3.91. The zero-order valence-electron chi connectivity index (χ0n) is 5.95. The van der Waals surface area contributed by atoms with E-state index in [-0.39, 0.29) is 10.2 Å². The van der Waals surface area contributed by atoms with Gasteiger partial charge in [-0.15, -0.1) is 13.2 Å². The highest BCUT2D eigenvalue weighted by atomic mass is 79.9. The van der Waals surface area contributed by atoms with Gasteiger partial charge in [-0.2, -0.15) is 0 Å². The molecule has 1 aromatic rings. The van der Waals surface area contributed by atoms with Crippen LogP contribution in [-0.2, 0) is 0 Å². The largest absolute Gasteiger partial charge is 0.573 e. The zero-order chi connectivity index (χ0) is 10.1. The standard InChI is InChI=1S/C7H2Br2F3O/c8-4-1-2-5(9)6(3-4)13-7(10,11)12/h1,3H. The van der Waals surface area contributed by atoms with Crippen LogP contribution in [0.4, 0.5) is 13.2 Å². The maximum atomic E-state index is 11.8. The first kappa shape index (κ1) is 10.8. The van der Waals surface area contributed by atoms with Crippen LogP contribution < -0.4 is 4.74 Å². The highest BCUT2D eigenvalue weighted by Crippen LogP contribution is 2.32. The van der Waals surface area contributed by atoms with E-state index >= 15 is 0 Å². The van der Waals surface area contributed by atoms with Crippen molar-refractivity contribution < 1.29 is 17.9 Å². The average molecular weight is 319 g/mol. The van der Waals surface area contributed by atoms with Gasteiger partial charge in [0.2, 0.25) is 0 Å². The van der Waals surface area contributed by atoms with E-state index in [9.17, 15) is 13.2 Å². The van der Waals surface area contributed by atoms with Crippen LogP contribution in [0.5, 0.6) is 5.75 Å². The zero-order valence-corrected chi connectivity index (χ0v) is 9.12. The summed E-state index contributed by atoms with van der Waals surface area (Å²) < 4.78 is 39.6. The minimum Gasteiger partial charge on any atom is -0.405 e. The Labute approximate surface area is 89.1 Å². The van der Waals surface area contributed by atoms with Crippen LogP contribution in [-0.4, -0.2) is 6.36 Å². The van der Waals surface area contributed by atoms with Crippen LogP contribution in [0.1, 0.15) is 0 Å². The van der Waals surface area contributed by atoms with E-state index in [4.69, 9.17) is 0 Å². The summed E-state index contributed by atoms with van der Waals surface area (Å²) in [5.41, 5.74) is 0. The molecule has 0 saturated carbocycles. The molecule has 0 heterocycles. The van der Waals surface area contributed by atoms with Crippen molar-refractivity contribution in [2.75, 3.05) is 0 Å². The summed E-state index contributed by atoms with van der Waals surface area (Å²) in [6.07, 6.45) is -4.68. The monoisotopic (exact) mass is 317 g/mol. The second-order valence-electron chi connectivity index (χ2n) is 2.04. The molecule has 0 aliphatic rings. The number of ether oxygens (including phenoxy) is 1. The molecule has 0 aromatic heterocycles. The summed E-state index contributed by atoms with van der Waals surface area (Å²) in [5, 5.41) is 0. The Bertz CT molecular complexity index is 311. The lowest BCUT2D eigenvalue weighted by atomic mass is 10.3. The topological polar surface area (TPSA) is 9.23 Å². The van der Waals surface area contributed by atoms with Gasteiger partial charge in [0.25, 0.3) is 0 Å². The third-order valence-corrected chi connectivity index (χ3v) is 2.13. The van der Waals surface area contributed by atoms with Crippen LogP contribution in [0, 0.1) is 6.07 Å². The molecule has 0 spiro atoms. The minimum absolute atomic E-state index is 0.132. The number of halogens is 5. The second-order valence-corrected chi connectivity index (χ2v) is 3.75. The highest BCUT2D eigenvalue weighted by Gasteiger charge is 2.31. The van der Waals surface area contributed by atoms with E-state index in [1.807, 2.05) is 0 Å². The van der Waals surface area contributed by atoms with Crippen LogP contribution in [0.25, 0.3) is 0 Å². The van der Waals surface area contributed by atoms with Crippen molar-refractivity contribution in [2.24, 2.45) is 0 Å². The van der Waals surface area contributed by atoms with Crippen LogP contribution in [0.3, 0.4) is 0 Å². The Morgan fingerprint density at radius 1 is 1.31 bits per heavy atom. The van der Waals surface area contributed by atoms with Crippen LogP contribution in [0.15, 0.2) is 21.1 Å². The first-order valence-corrected chi connectivity index (χ1v) is 4.59. The van der Waals surface area contributed by atoms with Crippen molar-refractivity contribution in [3.8, 4) is 5.75 Å². The normalized spacial score (nSPS) is 11.5. The van der Waals surface area contributed by atoms with Gasteiger partial charge in [0, 0.05) is 10.5 Å². The molecule has 0 saturated heterocycles. The summed E-state index contributed by atoms with van der Waals surface area (Å²) >= 11 is 5.89. The van der Waals surface area contributed by atoms with Gasteiger partial charge < -0.3 is 4.74 Å². The molecule has 0 N–H and O–H groups in total. The van der Waals surface area contributed by atoms with Gasteiger partial charge in [-0.05, 0) is 28.1 Å². The Morgan fingerprint density at radius 2 is 1.92 bits per heavy atom. The van der Waals surface area contributed by atoms with E-state index in [1.165, 1.54) is 12.1 Å². The van der Waals surface area contributed by atoms with E-state index in [0.717, 1.165) is 0 Å². The van der Waals surface area contributed by atoms with Crippen LogP contribution >= 0.6 is 31.9 Å². The fraction of sp³-hybridized carbons (Fsp3) is 0.143. The number of hydrogen-bond donors (Lipinski definition) is 0. The molecule has 0 atom stereocenters. The first-order chi connectivity index (χ1) is 5.88. The molecule has 0 unspecified atom stereocenters. The molecular weight excluding hydrogens is 317 g/mol. The summed E-state index contributed by atoms with van der Waals surface area (Å²) in [6.45, 7) is 0. The average Bonchev–Trinajstić information content (AvgIpc) is 1.94. The molecule has 0 bridgehead atoms. The third kappa shape index (κ3) is 3.56. The smallest absolute Gasteiger partial charge is 0.405 e. The van der Waals surface area contributed by atoms with Crippen molar-refractivity contribution >= 4 is 31.9 Å². The van der Waals surface area contributed by atoms with Gasteiger partial charge in [0.1, 0.15) is 5.75 Å². The molecule has 1 radical (unpaired) electrons. The molecule has 13 heavy (non-hydrogen) atoms. The van der Waals surface area contributed by atoms with E-state index in [0.29, 0.717) is 4.47 Å². The van der Waals surface area contributed by atoms with Crippen molar-refractivity contribution in [1.82, 2.24) is 0 Å². The third-order valence-electron chi connectivity index (χ3n) is 1.05. The van der Waals surface area contributed by atoms with Gasteiger partial charge in [-0.3, -0.25) is 0 Å². The van der Waals surface area contributed by atoms with Crippen molar-refractivity contribution in [2.45, 2.75) is 6.36 Å². The van der Waals surface area contributed by atoms with Gasteiger partial charge in [0.15, 0.2) is 0 Å². The van der Waals surface area contributed by atoms with Gasteiger partial charge >= 0.3 is 6.36 Å². The minimum atomic E-state index is -4.68. The Balaban J connectivity index is 2.94. The van der Waals surface area contributed by atoms with Crippen molar-refractivity contribution in [1.29, 1.82) is 0 Å². The molecule has 0 aliphatic heterocycles. The van der Waals surface area contributed by atoms with Gasteiger partial charge in [-0.25, -0.2) is 0 Å². The van der Waals surface area contributed by atoms with Crippen molar-refractivity contribution in [3.63, 3.8) is 0 Å². The lowest BCUT2D eigenvalue weighted by Gasteiger charge is -2.10. The quantitative estimate of drug-likeness (QED) is 0.763. The number of benzene rings is 1. The number of alkyl halides is 3. The van der Waals surface area contributed by atoms with Crippen LogP contribution in [0.2, 0.25) is 0 Å². The Kier molecular flexibility index (Phi) is 3.23. The Morgan fingerprint density at radius 3 is 2.46 bits per heavy atom. The van der Waals surface area contributed by atoms with Gasteiger partial charge in [0.05, 0.1) is 4.47 Å². The molecule has 1 nitrogen and oxygen atoms in total. The molecule has 1 aromatic carbocycles. The number of hydrogen-bond acceptors (Lipinski definition) is 1. The lowest BCUT2D eigenvalue weighted by Crippen LogP contribution is -2.17. The summed E-state index contributed by atoms with van der Waals surface area (Å²) in [6, 6.07) is 5.22. The number of rotatable bonds is 1. The molecule has 6 heteroatoms. The molecule has 1 rings (SSSR count). The maximum Gasteiger partial charge on any atom is 0.573 e. The lowest BCUT2D eigenvalue weighted by molar-refractivity contribution is -0.274. The summed E-state index contributed by atoms with van der Waals surface area (Å²) in [4.78, 5) is 0. The molecule has 0 aliphatic carbocycles. The molecular formula is C7H2Br2F3O. The van der Waals surface area contributed by atoms with E-state index in [2.05, 4.69) is 42.7 Å². The SMILES string of the molecule is FC(F)(F)Oc1cc(Br)c[c]c1Br. The summed E-state index contributed by atoms with van der Waals surface area (Å²) in [5.74, 6) is -0.318. The molecule has 0 fully saturated rings.